The van der Waals surface area contributed by atoms with E-state index in [-0.39, 0.29) is 25.0 Å². The molecule has 0 radical (unpaired) electrons. The average Bonchev–Trinajstić information content (AvgIpc) is 3.13. The molecular formula is C17H26N3O6S+. The summed E-state index contributed by atoms with van der Waals surface area (Å²) in [5.41, 5.74) is 0.401. The van der Waals surface area contributed by atoms with E-state index < -0.39 is 10.0 Å². The summed E-state index contributed by atoms with van der Waals surface area (Å²) in [5, 5.41) is 2.62. The number of sulfonamides is 1. The SMILES string of the molecule is O=C(NCCS(=O)(=O)NCCC[NH+]1CCOCC1)c1ccc2c(c1)OCO2. The normalized spacial score (nSPS) is 17.0. The zero-order chi connectivity index (χ0) is 19.1. The van der Waals surface area contributed by atoms with Crippen LogP contribution in [0, 0.1) is 0 Å². The number of morpholine rings is 1. The second kappa shape index (κ2) is 9.36. The summed E-state index contributed by atoms with van der Waals surface area (Å²) < 4.78 is 42.4. The lowest BCUT2D eigenvalue weighted by Crippen LogP contribution is -3.14. The van der Waals surface area contributed by atoms with Crippen molar-refractivity contribution in [3.63, 3.8) is 0 Å². The Morgan fingerprint density at radius 1 is 1.11 bits per heavy atom. The largest absolute Gasteiger partial charge is 0.454 e. The lowest BCUT2D eigenvalue weighted by Gasteiger charge is -2.23. The standard InChI is InChI=1S/C17H25N3O6S/c21-17(14-2-3-15-16(12-14)26-13-25-15)18-5-11-27(22,23)19-4-1-6-20-7-9-24-10-8-20/h2-3,12,19H,1,4-11,13H2,(H,18,21)/p+1. The van der Waals surface area contributed by atoms with Crippen LogP contribution < -0.4 is 24.4 Å². The Kier molecular flexibility index (Phi) is 6.89. The molecule has 0 aliphatic carbocycles. The van der Waals surface area contributed by atoms with Crippen LogP contribution >= 0.6 is 0 Å². The molecule has 0 saturated carbocycles. The summed E-state index contributed by atoms with van der Waals surface area (Å²) in [7, 11) is -3.42. The van der Waals surface area contributed by atoms with Crippen molar-refractivity contribution in [3.8, 4) is 11.5 Å². The van der Waals surface area contributed by atoms with Crippen LogP contribution in [0.3, 0.4) is 0 Å². The maximum absolute atomic E-state index is 12.1. The summed E-state index contributed by atoms with van der Waals surface area (Å²) in [5.74, 6) is 0.601. The number of quaternary nitrogens is 1. The van der Waals surface area contributed by atoms with Crippen molar-refractivity contribution in [1.29, 1.82) is 0 Å². The van der Waals surface area contributed by atoms with Gasteiger partial charge in [-0.25, -0.2) is 13.1 Å². The Bertz CT molecular complexity index is 749. The van der Waals surface area contributed by atoms with Crippen molar-refractivity contribution in [2.45, 2.75) is 6.42 Å². The van der Waals surface area contributed by atoms with Gasteiger partial charge in [0.05, 0.1) is 25.5 Å². The van der Waals surface area contributed by atoms with Crippen molar-refractivity contribution in [2.24, 2.45) is 0 Å². The number of benzene rings is 1. The molecule has 2 aliphatic rings. The molecule has 1 aromatic rings. The summed E-state index contributed by atoms with van der Waals surface area (Å²) in [6.45, 7) is 4.98. The first-order valence-corrected chi connectivity index (χ1v) is 10.8. The molecule has 1 aromatic carbocycles. The maximum atomic E-state index is 12.1. The lowest BCUT2D eigenvalue weighted by molar-refractivity contribution is -0.908. The molecule has 0 aromatic heterocycles. The van der Waals surface area contributed by atoms with E-state index in [4.69, 9.17) is 14.2 Å². The molecule has 1 saturated heterocycles. The number of hydrogen-bond donors (Lipinski definition) is 3. The van der Waals surface area contributed by atoms with E-state index in [2.05, 4.69) is 10.0 Å². The van der Waals surface area contributed by atoms with Crippen LogP contribution in [0.1, 0.15) is 16.8 Å². The molecule has 0 bridgehead atoms. The molecule has 9 nitrogen and oxygen atoms in total. The Morgan fingerprint density at radius 3 is 2.70 bits per heavy atom. The van der Waals surface area contributed by atoms with Gasteiger partial charge in [0.1, 0.15) is 13.1 Å². The molecule has 0 unspecified atom stereocenters. The fraction of sp³-hybridized carbons (Fsp3) is 0.588. The zero-order valence-electron chi connectivity index (χ0n) is 15.2. The Labute approximate surface area is 159 Å². The topological polar surface area (TPSA) is 107 Å². The fourth-order valence-electron chi connectivity index (χ4n) is 2.99. The monoisotopic (exact) mass is 400 g/mol. The van der Waals surface area contributed by atoms with Crippen LogP contribution in [0.15, 0.2) is 18.2 Å². The van der Waals surface area contributed by atoms with E-state index in [1.165, 1.54) is 4.90 Å². The Balaban J connectivity index is 1.34. The van der Waals surface area contributed by atoms with Gasteiger partial charge >= 0.3 is 0 Å². The van der Waals surface area contributed by atoms with Gasteiger partial charge in [-0.2, -0.15) is 0 Å². The van der Waals surface area contributed by atoms with E-state index in [0.717, 1.165) is 39.3 Å². The minimum absolute atomic E-state index is 0.0390. The summed E-state index contributed by atoms with van der Waals surface area (Å²) in [4.78, 5) is 13.6. The molecule has 0 spiro atoms. The van der Waals surface area contributed by atoms with Crippen LogP contribution in [0.25, 0.3) is 0 Å². The number of ether oxygens (including phenoxy) is 3. The van der Waals surface area contributed by atoms with E-state index in [9.17, 15) is 13.2 Å². The second-order valence-electron chi connectivity index (χ2n) is 6.50. The molecule has 2 aliphatic heterocycles. The van der Waals surface area contributed by atoms with Crippen molar-refractivity contribution in [3.05, 3.63) is 23.8 Å². The number of rotatable bonds is 9. The maximum Gasteiger partial charge on any atom is 0.251 e. The third-order valence-electron chi connectivity index (χ3n) is 4.52. The predicted octanol–water partition coefficient (Wildman–Crippen LogP) is -1.63. The highest BCUT2D eigenvalue weighted by Gasteiger charge is 2.17. The van der Waals surface area contributed by atoms with Gasteiger partial charge in [0.15, 0.2) is 11.5 Å². The Hall–Kier alpha value is -1.88. The molecule has 150 valence electrons. The quantitative estimate of drug-likeness (QED) is 0.430. The first-order valence-electron chi connectivity index (χ1n) is 9.10. The van der Waals surface area contributed by atoms with Gasteiger partial charge < -0.3 is 24.4 Å². The fourth-order valence-corrected chi connectivity index (χ4v) is 3.96. The molecule has 0 atom stereocenters. The number of amides is 1. The van der Waals surface area contributed by atoms with E-state index >= 15 is 0 Å². The molecule has 3 rings (SSSR count). The summed E-state index contributed by atoms with van der Waals surface area (Å²) in [6.07, 6.45) is 0.776. The van der Waals surface area contributed by atoms with Gasteiger partial charge in [-0.05, 0) is 18.2 Å². The van der Waals surface area contributed by atoms with E-state index in [0.29, 0.717) is 23.6 Å². The van der Waals surface area contributed by atoms with Gasteiger partial charge in [0.25, 0.3) is 5.91 Å². The van der Waals surface area contributed by atoms with Gasteiger partial charge in [0.2, 0.25) is 16.8 Å². The first kappa shape index (κ1) is 19.9. The van der Waals surface area contributed by atoms with Crippen molar-refractivity contribution in [1.82, 2.24) is 10.0 Å². The summed E-state index contributed by atoms with van der Waals surface area (Å²) >= 11 is 0. The van der Waals surface area contributed by atoms with Crippen LogP contribution in [0.2, 0.25) is 0 Å². The zero-order valence-corrected chi connectivity index (χ0v) is 16.0. The third kappa shape index (κ3) is 6.06. The number of carbonyl (C=O) groups excluding carboxylic acids is 1. The van der Waals surface area contributed by atoms with E-state index in [1.54, 1.807) is 18.2 Å². The van der Waals surface area contributed by atoms with Crippen molar-refractivity contribution < 1.29 is 32.3 Å². The van der Waals surface area contributed by atoms with Crippen LogP contribution in [0.4, 0.5) is 0 Å². The first-order chi connectivity index (χ1) is 13.0. The van der Waals surface area contributed by atoms with Gasteiger partial charge in [-0.3, -0.25) is 4.79 Å². The Morgan fingerprint density at radius 2 is 1.89 bits per heavy atom. The number of nitrogens with one attached hydrogen (secondary N) is 3. The summed E-state index contributed by atoms with van der Waals surface area (Å²) in [6, 6.07) is 4.86. The minimum atomic E-state index is -3.42. The molecular weight excluding hydrogens is 374 g/mol. The number of hydrogen-bond acceptors (Lipinski definition) is 6. The third-order valence-corrected chi connectivity index (χ3v) is 5.91. The van der Waals surface area contributed by atoms with Crippen LogP contribution in [-0.2, 0) is 14.8 Å². The number of carbonyl (C=O) groups is 1. The second-order valence-corrected chi connectivity index (χ2v) is 8.43. The van der Waals surface area contributed by atoms with Gasteiger partial charge in [-0.15, -0.1) is 0 Å². The van der Waals surface area contributed by atoms with Crippen molar-refractivity contribution >= 4 is 15.9 Å². The average molecular weight is 400 g/mol. The molecule has 1 amide bonds. The molecule has 2 heterocycles. The minimum Gasteiger partial charge on any atom is -0.454 e. The highest BCUT2D eigenvalue weighted by Crippen LogP contribution is 2.32. The highest BCUT2D eigenvalue weighted by molar-refractivity contribution is 7.89. The van der Waals surface area contributed by atoms with Crippen LogP contribution in [-0.4, -0.2) is 72.8 Å². The van der Waals surface area contributed by atoms with Crippen LogP contribution in [0.5, 0.6) is 11.5 Å². The molecule has 1 fully saturated rings. The predicted molar refractivity (Wildman–Crippen MR) is 97.7 cm³/mol. The van der Waals surface area contributed by atoms with Gasteiger partial charge in [-0.1, -0.05) is 0 Å². The smallest absolute Gasteiger partial charge is 0.251 e. The molecule has 10 heteroatoms. The lowest BCUT2D eigenvalue weighted by atomic mass is 10.2. The van der Waals surface area contributed by atoms with Gasteiger partial charge in [0, 0.05) is 25.1 Å². The highest BCUT2D eigenvalue weighted by atomic mass is 32.2. The van der Waals surface area contributed by atoms with E-state index in [1.807, 2.05) is 0 Å². The number of fused-ring (bicyclic) bond motifs is 1. The van der Waals surface area contributed by atoms with Crippen molar-refractivity contribution in [2.75, 3.05) is 58.5 Å². The molecule has 27 heavy (non-hydrogen) atoms. The molecule has 3 N–H and O–H groups in total.